The molecular formula is C24H39N3O5S. The zero-order valence-corrected chi connectivity index (χ0v) is 21.7. The molecule has 0 heterocycles. The van der Waals surface area contributed by atoms with Crippen LogP contribution in [0.5, 0.6) is 5.75 Å². The first-order valence-corrected chi connectivity index (χ1v) is 11.8. The number of aromatic hydroxyl groups is 1. The number of hydrogen-bond acceptors (Lipinski definition) is 6. The summed E-state index contributed by atoms with van der Waals surface area (Å²) in [6.45, 7) is 13.0. The highest BCUT2D eigenvalue weighted by Crippen LogP contribution is 2.34. The maximum atomic E-state index is 13.7. The molecule has 3 N–H and O–H groups in total. The van der Waals surface area contributed by atoms with E-state index in [2.05, 4.69) is 23.3 Å². The minimum atomic E-state index is -1.11. The monoisotopic (exact) mass is 481 g/mol. The zero-order valence-electron chi connectivity index (χ0n) is 20.8. The summed E-state index contributed by atoms with van der Waals surface area (Å²) in [5.41, 5.74) is -1.27. The van der Waals surface area contributed by atoms with Crippen molar-refractivity contribution in [1.82, 2.24) is 15.5 Å². The largest absolute Gasteiger partial charge is 0.508 e. The molecule has 2 unspecified atom stereocenters. The zero-order chi connectivity index (χ0) is 25.4. The van der Waals surface area contributed by atoms with Crippen molar-refractivity contribution < 1.29 is 24.2 Å². The number of unbranched alkanes of at least 4 members (excludes halogenated alkanes) is 1. The number of nitrogens with zero attached hydrogens (tertiary/aromatic N) is 1. The van der Waals surface area contributed by atoms with Crippen molar-refractivity contribution in [3.05, 3.63) is 29.8 Å². The number of alkyl carbamates (subject to hydrolysis) is 1. The molecule has 2 atom stereocenters. The molecule has 9 heteroatoms. The fourth-order valence-corrected chi connectivity index (χ4v) is 3.50. The van der Waals surface area contributed by atoms with E-state index in [1.807, 2.05) is 6.92 Å². The number of para-hydroxylation sites is 1. The van der Waals surface area contributed by atoms with Gasteiger partial charge in [0.15, 0.2) is 0 Å². The van der Waals surface area contributed by atoms with Gasteiger partial charge in [-0.15, -0.1) is 0 Å². The molecule has 0 aliphatic heterocycles. The Bertz CT molecular complexity index is 817. The molecule has 8 nitrogen and oxygen atoms in total. The number of carbonyl (C=O) groups is 3. The third kappa shape index (κ3) is 8.79. The quantitative estimate of drug-likeness (QED) is 0.317. The van der Waals surface area contributed by atoms with Crippen LogP contribution in [0.4, 0.5) is 4.79 Å². The lowest BCUT2D eigenvalue weighted by atomic mass is 9.95. The molecule has 186 valence electrons. The molecular weight excluding hydrogens is 442 g/mol. The molecule has 0 aliphatic carbocycles. The Morgan fingerprint density at radius 1 is 1.12 bits per heavy atom. The molecule has 0 aromatic heterocycles. The Morgan fingerprint density at radius 2 is 1.73 bits per heavy atom. The first kappa shape index (κ1) is 28.6. The van der Waals surface area contributed by atoms with Gasteiger partial charge in [-0.3, -0.25) is 9.59 Å². The van der Waals surface area contributed by atoms with Gasteiger partial charge in [0, 0.05) is 23.4 Å². The minimum Gasteiger partial charge on any atom is -0.508 e. The number of hydrogen-bond donors (Lipinski definition) is 4. The summed E-state index contributed by atoms with van der Waals surface area (Å²) < 4.78 is 5.29. The minimum absolute atomic E-state index is 0.00436. The number of nitrogens with one attached hydrogen (secondary N) is 2. The predicted molar refractivity (Wildman–Crippen MR) is 132 cm³/mol. The smallest absolute Gasteiger partial charge is 0.408 e. The van der Waals surface area contributed by atoms with Gasteiger partial charge in [-0.25, -0.2) is 4.79 Å². The fourth-order valence-electron chi connectivity index (χ4n) is 3.25. The molecule has 1 rings (SSSR count). The van der Waals surface area contributed by atoms with E-state index < -0.39 is 41.1 Å². The third-order valence-corrected chi connectivity index (χ3v) is 5.06. The summed E-state index contributed by atoms with van der Waals surface area (Å²) in [6, 6.07) is 4.28. The number of benzene rings is 1. The Labute approximate surface area is 202 Å². The van der Waals surface area contributed by atoms with Crippen LogP contribution >= 0.6 is 12.6 Å². The van der Waals surface area contributed by atoms with Crippen LogP contribution in [0.3, 0.4) is 0 Å². The van der Waals surface area contributed by atoms with Crippen molar-refractivity contribution in [1.29, 1.82) is 0 Å². The second-order valence-electron chi connectivity index (χ2n) is 9.87. The van der Waals surface area contributed by atoms with Gasteiger partial charge < -0.3 is 25.4 Å². The van der Waals surface area contributed by atoms with Gasteiger partial charge in [0.25, 0.3) is 0 Å². The lowest BCUT2D eigenvalue weighted by molar-refractivity contribution is -0.148. The van der Waals surface area contributed by atoms with Gasteiger partial charge in [0.2, 0.25) is 11.8 Å². The Morgan fingerprint density at radius 3 is 2.21 bits per heavy atom. The first-order chi connectivity index (χ1) is 15.2. The van der Waals surface area contributed by atoms with Crippen molar-refractivity contribution in [2.45, 2.75) is 84.5 Å². The van der Waals surface area contributed by atoms with Crippen LogP contribution in [0.25, 0.3) is 0 Å². The number of carbonyl (C=O) groups excluding carboxylic acids is 3. The molecule has 0 saturated carbocycles. The average molecular weight is 482 g/mol. The second-order valence-corrected chi connectivity index (χ2v) is 10.2. The van der Waals surface area contributed by atoms with Gasteiger partial charge in [-0.2, -0.15) is 12.6 Å². The number of thiol groups is 1. The highest BCUT2D eigenvalue weighted by atomic mass is 32.1. The van der Waals surface area contributed by atoms with Gasteiger partial charge in [-0.05, 0) is 54.0 Å². The van der Waals surface area contributed by atoms with Gasteiger partial charge in [-0.1, -0.05) is 31.5 Å². The van der Waals surface area contributed by atoms with E-state index in [1.165, 1.54) is 11.0 Å². The summed E-state index contributed by atoms with van der Waals surface area (Å²) in [5.74, 6) is -1.03. The second kappa shape index (κ2) is 12.2. The molecule has 3 amide bonds. The molecule has 0 radical (unpaired) electrons. The van der Waals surface area contributed by atoms with Gasteiger partial charge >= 0.3 is 6.09 Å². The van der Waals surface area contributed by atoms with E-state index in [9.17, 15) is 19.5 Å². The van der Waals surface area contributed by atoms with Crippen LogP contribution in [-0.4, -0.2) is 57.4 Å². The topological polar surface area (TPSA) is 108 Å². The van der Waals surface area contributed by atoms with E-state index in [-0.39, 0.29) is 11.5 Å². The van der Waals surface area contributed by atoms with Crippen LogP contribution in [0.15, 0.2) is 24.3 Å². The summed E-state index contributed by atoms with van der Waals surface area (Å²) in [5, 5.41) is 16.0. The molecule has 0 spiro atoms. The lowest BCUT2D eigenvalue weighted by Crippen LogP contribution is -2.59. The SMILES string of the molecule is CCCCNC(=O)C(c1ccccc1O)N(C(=O)C(CS)NC(=O)OC(C)(C)C)C(C)(C)C. The van der Waals surface area contributed by atoms with E-state index >= 15 is 0 Å². The fraction of sp³-hybridized carbons (Fsp3) is 0.625. The van der Waals surface area contributed by atoms with Crippen molar-refractivity contribution in [3.63, 3.8) is 0 Å². The first-order valence-electron chi connectivity index (χ1n) is 11.2. The molecule has 0 saturated heterocycles. The normalized spacial score (nSPS) is 13.6. The van der Waals surface area contributed by atoms with Gasteiger partial charge in [0.1, 0.15) is 23.4 Å². The Kier molecular flexibility index (Phi) is 10.5. The van der Waals surface area contributed by atoms with Crippen molar-refractivity contribution >= 4 is 30.5 Å². The van der Waals surface area contributed by atoms with E-state index in [0.717, 1.165) is 12.8 Å². The van der Waals surface area contributed by atoms with Crippen LogP contribution in [-0.2, 0) is 14.3 Å². The molecule has 1 aromatic carbocycles. The molecule has 1 aromatic rings. The standard InChI is InChI=1S/C24H39N3O5S/c1-8-9-14-25-20(29)19(16-12-10-11-13-18(16)28)27(23(2,3)4)21(30)17(15-33)26-22(31)32-24(5,6)7/h10-13,17,19,28,33H,8-9,14-15H2,1-7H3,(H,25,29)(H,26,31). The average Bonchev–Trinajstić information content (AvgIpc) is 2.68. The van der Waals surface area contributed by atoms with Gasteiger partial charge in [0.05, 0.1) is 0 Å². The Hall–Kier alpha value is -2.42. The van der Waals surface area contributed by atoms with Crippen LogP contribution in [0.2, 0.25) is 0 Å². The Balaban J connectivity index is 3.42. The van der Waals surface area contributed by atoms with Crippen LogP contribution in [0.1, 0.15) is 72.9 Å². The number of ether oxygens (including phenoxy) is 1. The highest BCUT2D eigenvalue weighted by Gasteiger charge is 2.42. The van der Waals surface area contributed by atoms with Crippen LogP contribution in [0, 0.1) is 0 Å². The summed E-state index contributed by atoms with van der Waals surface area (Å²) in [7, 11) is 0. The molecule has 0 bridgehead atoms. The van der Waals surface area contributed by atoms with Crippen molar-refractivity contribution in [2.24, 2.45) is 0 Å². The third-order valence-electron chi connectivity index (χ3n) is 4.70. The number of amides is 3. The van der Waals surface area contributed by atoms with E-state index in [4.69, 9.17) is 4.74 Å². The summed E-state index contributed by atoms with van der Waals surface area (Å²) in [6.07, 6.45) is 0.919. The summed E-state index contributed by atoms with van der Waals surface area (Å²) in [4.78, 5) is 40.8. The van der Waals surface area contributed by atoms with Crippen molar-refractivity contribution in [2.75, 3.05) is 12.3 Å². The maximum Gasteiger partial charge on any atom is 0.408 e. The number of rotatable bonds is 9. The summed E-state index contributed by atoms with van der Waals surface area (Å²) >= 11 is 4.26. The molecule has 0 aliphatic rings. The molecule has 33 heavy (non-hydrogen) atoms. The van der Waals surface area contributed by atoms with E-state index in [1.54, 1.807) is 59.7 Å². The van der Waals surface area contributed by atoms with Crippen molar-refractivity contribution in [3.8, 4) is 5.75 Å². The molecule has 0 fully saturated rings. The van der Waals surface area contributed by atoms with Crippen LogP contribution < -0.4 is 10.6 Å². The number of phenols is 1. The highest BCUT2D eigenvalue weighted by molar-refractivity contribution is 7.80. The number of phenolic OH excluding ortho intramolecular Hbond substituents is 1. The lowest BCUT2D eigenvalue weighted by Gasteiger charge is -2.43. The van der Waals surface area contributed by atoms with E-state index in [0.29, 0.717) is 12.1 Å². The predicted octanol–water partition coefficient (Wildman–Crippen LogP) is 3.80. The maximum absolute atomic E-state index is 13.7.